The van der Waals surface area contributed by atoms with Gasteiger partial charge in [-0.3, -0.25) is 4.90 Å². The first kappa shape index (κ1) is 13.8. The molecule has 1 unspecified atom stereocenters. The molecule has 0 bridgehead atoms. The van der Waals surface area contributed by atoms with Crippen LogP contribution < -0.4 is 5.32 Å². The Morgan fingerprint density at radius 1 is 1.50 bits per heavy atom. The van der Waals surface area contributed by atoms with Crippen LogP contribution in [0.2, 0.25) is 0 Å². The number of nitrogens with one attached hydrogen (secondary N) is 1. The van der Waals surface area contributed by atoms with Crippen molar-refractivity contribution in [3.8, 4) is 0 Å². The average molecular weight is 291 g/mol. The Kier molecular flexibility index (Phi) is 4.19. The number of aryl methyl sites for hydroxylation is 1. The number of morpholine rings is 1. The van der Waals surface area contributed by atoms with E-state index >= 15 is 0 Å². The van der Waals surface area contributed by atoms with E-state index in [0.29, 0.717) is 0 Å². The normalized spacial score (nSPS) is 20.4. The Morgan fingerprint density at radius 3 is 3.25 bits per heavy atom. The molecule has 1 N–H and O–H groups in total. The summed E-state index contributed by atoms with van der Waals surface area (Å²) in [4.78, 5) is 7.04. The van der Waals surface area contributed by atoms with Crippen LogP contribution in [0.25, 0.3) is 10.2 Å². The number of anilines is 1. The summed E-state index contributed by atoms with van der Waals surface area (Å²) in [7, 11) is 0. The van der Waals surface area contributed by atoms with Gasteiger partial charge in [-0.05, 0) is 31.2 Å². The van der Waals surface area contributed by atoms with Crippen LogP contribution >= 0.6 is 11.3 Å². The maximum atomic E-state index is 5.80. The highest BCUT2D eigenvalue weighted by Crippen LogP contribution is 2.26. The molecule has 5 heteroatoms. The van der Waals surface area contributed by atoms with Crippen molar-refractivity contribution in [3.05, 3.63) is 23.8 Å². The van der Waals surface area contributed by atoms with Gasteiger partial charge >= 0.3 is 0 Å². The number of hydrogen-bond acceptors (Lipinski definition) is 5. The Morgan fingerprint density at radius 2 is 2.40 bits per heavy atom. The summed E-state index contributed by atoms with van der Waals surface area (Å²) < 4.78 is 7.04. The number of benzene rings is 1. The SMILES string of the molecule is CCN1CCOC(CNc2nc3ccc(C)cc3s2)C1. The molecule has 4 nitrogen and oxygen atoms in total. The molecule has 1 fully saturated rings. The molecule has 108 valence electrons. The zero-order valence-electron chi connectivity index (χ0n) is 12.1. The Balaban J connectivity index is 1.62. The smallest absolute Gasteiger partial charge is 0.183 e. The number of hydrogen-bond donors (Lipinski definition) is 1. The van der Waals surface area contributed by atoms with Gasteiger partial charge in [0.1, 0.15) is 0 Å². The van der Waals surface area contributed by atoms with Gasteiger partial charge in [0.25, 0.3) is 0 Å². The van der Waals surface area contributed by atoms with Crippen molar-refractivity contribution in [2.45, 2.75) is 20.0 Å². The molecule has 0 amide bonds. The summed E-state index contributed by atoms with van der Waals surface area (Å²) in [6.07, 6.45) is 0.262. The van der Waals surface area contributed by atoms with E-state index in [2.05, 4.69) is 47.2 Å². The van der Waals surface area contributed by atoms with Gasteiger partial charge in [-0.25, -0.2) is 4.98 Å². The third-order valence-corrected chi connectivity index (χ3v) is 4.67. The fraction of sp³-hybridized carbons (Fsp3) is 0.533. The predicted octanol–water partition coefficient (Wildman–Crippen LogP) is 2.74. The largest absolute Gasteiger partial charge is 0.374 e. The monoisotopic (exact) mass is 291 g/mol. The molecule has 0 aliphatic carbocycles. The van der Waals surface area contributed by atoms with Crippen molar-refractivity contribution in [1.82, 2.24) is 9.88 Å². The summed E-state index contributed by atoms with van der Waals surface area (Å²) in [6, 6.07) is 6.38. The van der Waals surface area contributed by atoms with Crippen LogP contribution in [0.1, 0.15) is 12.5 Å². The van der Waals surface area contributed by atoms with Crippen molar-refractivity contribution in [3.63, 3.8) is 0 Å². The van der Waals surface area contributed by atoms with Gasteiger partial charge in [-0.2, -0.15) is 0 Å². The van der Waals surface area contributed by atoms with Crippen LogP contribution in [0.15, 0.2) is 18.2 Å². The first-order valence-corrected chi connectivity index (χ1v) is 8.01. The van der Waals surface area contributed by atoms with Crippen molar-refractivity contribution >= 4 is 26.7 Å². The second-order valence-corrected chi connectivity index (χ2v) is 6.29. The van der Waals surface area contributed by atoms with E-state index in [4.69, 9.17) is 4.74 Å². The lowest BCUT2D eigenvalue weighted by Gasteiger charge is -2.32. The molecule has 0 saturated carbocycles. The number of nitrogens with zero attached hydrogens (tertiary/aromatic N) is 2. The lowest BCUT2D eigenvalue weighted by atomic mass is 10.2. The highest BCUT2D eigenvalue weighted by atomic mass is 32.1. The molecule has 1 aliphatic heterocycles. The molecule has 2 aromatic rings. The van der Waals surface area contributed by atoms with E-state index in [1.54, 1.807) is 11.3 Å². The molecule has 3 rings (SSSR count). The van der Waals surface area contributed by atoms with Crippen molar-refractivity contribution in [2.75, 3.05) is 38.1 Å². The molecular weight excluding hydrogens is 270 g/mol. The number of rotatable bonds is 4. The Bertz CT molecular complexity index is 584. The molecule has 1 atom stereocenters. The van der Waals surface area contributed by atoms with Gasteiger partial charge in [0.2, 0.25) is 0 Å². The molecule has 1 aromatic heterocycles. The molecule has 0 radical (unpaired) electrons. The number of fused-ring (bicyclic) bond motifs is 1. The van der Waals surface area contributed by atoms with Gasteiger partial charge in [0.15, 0.2) is 5.13 Å². The number of ether oxygens (including phenoxy) is 1. The van der Waals surface area contributed by atoms with E-state index in [-0.39, 0.29) is 6.10 Å². The minimum Gasteiger partial charge on any atom is -0.374 e. The van der Waals surface area contributed by atoms with Gasteiger partial charge in [-0.15, -0.1) is 0 Å². The fourth-order valence-corrected chi connectivity index (χ4v) is 3.47. The molecule has 0 spiro atoms. The third-order valence-electron chi connectivity index (χ3n) is 3.70. The second kappa shape index (κ2) is 6.08. The summed E-state index contributed by atoms with van der Waals surface area (Å²) in [5, 5.41) is 4.41. The lowest BCUT2D eigenvalue weighted by molar-refractivity contribution is -0.0191. The molecule has 20 heavy (non-hydrogen) atoms. The zero-order valence-corrected chi connectivity index (χ0v) is 12.9. The van der Waals surface area contributed by atoms with Crippen molar-refractivity contribution < 1.29 is 4.74 Å². The summed E-state index contributed by atoms with van der Waals surface area (Å²) in [5.41, 5.74) is 2.35. The standard InChI is InChI=1S/C15H21N3OS/c1-3-18-6-7-19-12(10-18)9-16-15-17-13-5-4-11(2)8-14(13)20-15/h4-5,8,12H,3,6-7,9-10H2,1-2H3,(H,16,17). The first-order chi connectivity index (χ1) is 9.74. The van der Waals surface area contributed by atoms with Crippen molar-refractivity contribution in [2.24, 2.45) is 0 Å². The second-order valence-electron chi connectivity index (χ2n) is 5.26. The predicted molar refractivity (Wildman–Crippen MR) is 84.7 cm³/mol. The highest BCUT2D eigenvalue weighted by molar-refractivity contribution is 7.22. The van der Waals surface area contributed by atoms with Gasteiger partial charge in [0, 0.05) is 19.6 Å². The van der Waals surface area contributed by atoms with E-state index in [1.807, 2.05) is 0 Å². The molecule has 1 aliphatic rings. The molecule has 1 saturated heterocycles. The fourth-order valence-electron chi connectivity index (χ4n) is 2.50. The van der Waals surface area contributed by atoms with Gasteiger partial charge < -0.3 is 10.1 Å². The summed E-state index contributed by atoms with van der Waals surface area (Å²) >= 11 is 1.72. The maximum absolute atomic E-state index is 5.80. The van der Waals surface area contributed by atoms with Crippen LogP contribution in [0, 0.1) is 6.92 Å². The summed E-state index contributed by atoms with van der Waals surface area (Å²) in [5.74, 6) is 0. The molecule has 1 aromatic carbocycles. The third kappa shape index (κ3) is 3.11. The topological polar surface area (TPSA) is 37.4 Å². The number of likely N-dealkylation sites (N-methyl/N-ethyl adjacent to an activating group) is 1. The quantitative estimate of drug-likeness (QED) is 0.940. The van der Waals surface area contributed by atoms with Crippen LogP contribution in [-0.4, -0.2) is 48.8 Å². The molecular formula is C15H21N3OS. The van der Waals surface area contributed by atoms with Gasteiger partial charge in [0.05, 0.1) is 22.9 Å². The summed E-state index contributed by atoms with van der Waals surface area (Å²) in [6.45, 7) is 9.13. The molecule has 2 heterocycles. The average Bonchev–Trinajstić information content (AvgIpc) is 2.87. The first-order valence-electron chi connectivity index (χ1n) is 7.19. The number of thiazole rings is 1. The van der Waals surface area contributed by atoms with Crippen LogP contribution in [0.5, 0.6) is 0 Å². The van der Waals surface area contributed by atoms with Crippen LogP contribution in [-0.2, 0) is 4.74 Å². The van der Waals surface area contributed by atoms with E-state index in [1.165, 1.54) is 10.3 Å². The van der Waals surface area contributed by atoms with E-state index < -0.39 is 0 Å². The Hall–Kier alpha value is -1.17. The minimum absolute atomic E-state index is 0.262. The maximum Gasteiger partial charge on any atom is 0.183 e. The lowest BCUT2D eigenvalue weighted by Crippen LogP contribution is -2.45. The van der Waals surface area contributed by atoms with E-state index in [0.717, 1.165) is 43.4 Å². The minimum atomic E-state index is 0.262. The Labute approximate surface area is 123 Å². The number of aromatic nitrogens is 1. The van der Waals surface area contributed by atoms with Crippen LogP contribution in [0.3, 0.4) is 0 Å². The van der Waals surface area contributed by atoms with E-state index in [9.17, 15) is 0 Å². The highest BCUT2D eigenvalue weighted by Gasteiger charge is 2.19. The van der Waals surface area contributed by atoms with Crippen molar-refractivity contribution in [1.29, 1.82) is 0 Å². The zero-order chi connectivity index (χ0) is 13.9. The van der Waals surface area contributed by atoms with Crippen LogP contribution in [0.4, 0.5) is 5.13 Å². The van der Waals surface area contributed by atoms with Gasteiger partial charge in [-0.1, -0.05) is 24.3 Å².